The lowest BCUT2D eigenvalue weighted by Crippen LogP contribution is -3.12. The SMILES string of the molecule is CCOc1cccc2sc(N(CC[NH+](CC)CC)C(=O)c3ccc(C)cc3C)nc12. The summed E-state index contributed by atoms with van der Waals surface area (Å²) in [6.07, 6.45) is 0. The predicted octanol–water partition coefficient (Wildman–Crippen LogP) is 3.88. The van der Waals surface area contributed by atoms with Gasteiger partial charge in [0.15, 0.2) is 5.13 Å². The summed E-state index contributed by atoms with van der Waals surface area (Å²) in [7, 11) is 0. The number of aryl methyl sites for hydroxylation is 2. The summed E-state index contributed by atoms with van der Waals surface area (Å²) < 4.78 is 6.79. The van der Waals surface area contributed by atoms with Crippen LogP contribution in [0.25, 0.3) is 10.2 Å². The zero-order valence-electron chi connectivity index (χ0n) is 18.6. The highest BCUT2D eigenvalue weighted by Gasteiger charge is 2.24. The lowest BCUT2D eigenvalue weighted by molar-refractivity contribution is -0.894. The molecule has 0 fully saturated rings. The van der Waals surface area contributed by atoms with E-state index in [1.165, 1.54) is 4.90 Å². The maximum atomic E-state index is 13.6. The normalized spacial score (nSPS) is 11.3. The number of nitrogens with one attached hydrogen (secondary N) is 1. The van der Waals surface area contributed by atoms with E-state index in [9.17, 15) is 4.79 Å². The molecule has 2 aromatic carbocycles. The van der Waals surface area contributed by atoms with Crippen molar-refractivity contribution in [2.75, 3.05) is 37.7 Å². The van der Waals surface area contributed by atoms with Crippen LogP contribution in [-0.2, 0) is 0 Å². The van der Waals surface area contributed by atoms with Crippen LogP contribution >= 0.6 is 11.3 Å². The first kappa shape index (κ1) is 22.2. The number of ether oxygens (including phenoxy) is 1. The summed E-state index contributed by atoms with van der Waals surface area (Å²) in [5.41, 5.74) is 3.72. The summed E-state index contributed by atoms with van der Waals surface area (Å²) >= 11 is 1.55. The number of quaternary nitrogens is 1. The number of nitrogens with zero attached hydrogens (tertiary/aromatic N) is 2. The van der Waals surface area contributed by atoms with Crippen molar-refractivity contribution in [3.63, 3.8) is 0 Å². The van der Waals surface area contributed by atoms with Crippen LogP contribution < -0.4 is 14.5 Å². The van der Waals surface area contributed by atoms with Crippen LogP contribution in [0, 0.1) is 13.8 Å². The van der Waals surface area contributed by atoms with Crippen LogP contribution in [0.2, 0.25) is 0 Å². The van der Waals surface area contributed by atoms with Gasteiger partial charge >= 0.3 is 0 Å². The highest BCUT2D eigenvalue weighted by atomic mass is 32.1. The molecular formula is C24H32N3O2S+. The topological polar surface area (TPSA) is 46.9 Å². The van der Waals surface area contributed by atoms with Crippen molar-refractivity contribution in [2.45, 2.75) is 34.6 Å². The Morgan fingerprint density at radius 1 is 1.13 bits per heavy atom. The number of aromatic nitrogens is 1. The molecule has 0 bridgehead atoms. The van der Waals surface area contributed by atoms with Crippen LogP contribution in [0.3, 0.4) is 0 Å². The van der Waals surface area contributed by atoms with Crippen molar-refractivity contribution in [1.82, 2.24) is 4.98 Å². The number of carbonyl (C=O) groups excluding carboxylic acids is 1. The maximum absolute atomic E-state index is 13.6. The standard InChI is InChI=1S/C24H31N3O2S/c1-6-26(7-2)14-15-27(23(28)19-13-12-17(4)16-18(19)5)24-25-22-20(29-8-3)10-9-11-21(22)30-24/h9-13,16H,6-8,14-15H2,1-5H3/p+1. The Morgan fingerprint density at radius 2 is 1.90 bits per heavy atom. The van der Waals surface area contributed by atoms with Gasteiger partial charge in [-0.2, -0.15) is 0 Å². The fourth-order valence-corrected chi connectivity index (χ4v) is 4.66. The first-order chi connectivity index (χ1) is 14.5. The molecule has 3 rings (SSSR count). The van der Waals surface area contributed by atoms with E-state index in [-0.39, 0.29) is 5.91 Å². The lowest BCUT2D eigenvalue weighted by atomic mass is 10.0. The summed E-state index contributed by atoms with van der Waals surface area (Å²) in [4.78, 5) is 21.8. The number of thiazole rings is 1. The van der Waals surface area contributed by atoms with Crippen LogP contribution in [0.5, 0.6) is 5.75 Å². The third kappa shape index (κ3) is 4.82. The number of anilines is 1. The number of hydrogen-bond acceptors (Lipinski definition) is 4. The minimum Gasteiger partial charge on any atom is -0.492 e. The number of rotatable bonds is 9. The van der Waals surface area contributed by atoms with E-state index in [1.807, 2.05) is 56.0 Å². The molecule has 0 saturated heterocycles. The van der Waals surface area contributed by atoms with Gasteiger partial charge in [-0.15, -0.1) is 0 Å². The van der Waals surface area contributed by atoms with Crippen molar-refractivity contribution in [3.8, 4) is 5.75 Å². The molecule has 0 spiro atoms. The number of hydrogen-bond donors (Lipinski definition) is 1. The Balaban J connectivity index is 2.01. The number of para-hydroxylation sites is 1. The molecule has 0 aliphatic heterocycles. The first-order valence-electron chi connectivity index (χ1n) is 10.7. The molecule has 0 saturated carbocycles. The van der Waals surface area contributed by atoms with Crippen molar-refractivity contribution in [1.29, 1.82) is 0 Å². The fraction of sp³-hybridized carbons (Fsp3) is 0.417. The van der Waals surface area contributed by atoms with Gasteiger partial charge in [0.25, 0.3) is 5.91 Å². The molecule has 0 atom stereocenters. The molecule has 1 N–H and O–H groups in total. The molecule has 1 heterocycles. The third-order valence-corrected chi connectivity index (χ3v) is 6.49. The fourth-order valence-electron chi connectivity index (χ4n) is 3.66. The van der Waals surface area contributed by atoms with E-state index in [2.05, 4.69) is 19.9 Å². The van der Waals surface area contributed by atoms with Gasteiger partial charge in [-0.05, 0) is 58.4 Å². The van der Waals surface area contributed by atoms with Gasteiger partial charge < -0.3 is 9.64 Å². The quantitative estimate of drug-likeness (QED) is 0.565. The van der Waals surface area contributed by atoms with E-state index in [0.29, 0.717) is 13.2 Å². The predicted molar refractivity (Wildman–Crippen MR) is 125 cm³/mol. The minimum atomic E-state index is 0.0103. The molecule has 5 nitrogen and oxygen atoms in total. The number of amides is 1. The Labute approximate surface area is 183 Å². The molecule has 30 heavy (non-hydrogen) atoms. The zero-order chi connectivity index (χ0) is 21.7. The molecule has 1 amide bonds. The minimum absolute atomic E-state index is 0.0103. The average Bonchev–Trinajstić information content (AvgIpc) is 3.16. The monoisotopic (exact) mass is 426 g/mol. The average molecular weight is 427 g/mol. The van der Waals surface area contributed by atoms with Crippen LogP contribution in [-0.4, -0.2) is 43.7 Å². The van der Waals surface area contributed by atoms with Crippen molar-refractivity contribution in [3.05, 3.63) is 53.1 Å². The molecule has 1 aromatic heterocycles. The third-order valence-electron chi connectivity index (χ3n) is 5.45. The smallest absolute Gasteiger partial charge is 0.260 e. The molecule has 0 aliphatic carbocycles. The zero-order valence-corrected chi connectivity index (χ0v) is 19.4. The maximum Gasteiger partial charge on any atom is 0.260 e. The van der Waals surface area contributed by atoms with Crippen molar-refractivity contribution >= 4 is 32.6 Å². The van der Waals surface area contributed by atoms with Gasteiger partial charge in [-0.25, -0.2) is 4.98 Å². The largest absolute Gasteiger partial charge is 0.492 e. The van der Waals surface area contributed by atoms with E-state index in [0.717, 1.165) is 57.4 Å². The van der Waals surface area contributed by atoms with Crippen molar-refractivity contribution in [2.24, 2.45) is 0 Å². The molecule has 0 radical (unpaired) electrons. The Hall–Kier alpha value is -2.44. The molecule has 6 heteroatoms. The van der Waals surface area contributed by atoms with Crippen molar-refractivity contribution < 1.29 is 14.4 Å². The van der Waals surface area contributed by atoms with Gasteiger partial charge in [0, 0.05) is 5.56 Å². The molecular weight excluding hydrogens is 394 g/mol. The van der Waals surface area contributed by atoms with Gasteiger partial charge in [-0.1, -0.05) is 35.1 Å². The van der Waals surface area contributed by atoms with Gasteiger partial charge in [0.1, 0.15) is 11.3 Å². The number of likely N-dealkylation sites (N-methyl/N-ethyl adjacent to an activating group) is 1. The molecule has 0 aliphatic rings. The van der Waals surface area contributed by atoms with E-state index < -0.39 is 0 Å². The van der Waals surface area contributed by atoms with Crippen LogP contribution in [0.4, 0.5) is 5.13 Å². The summed E-state index contributed by atoms with van der Waals surface area (Å²) in [6.45, 7) is 14.6. The highest BCUT2D eigenvalue weighted by Crippen LogP contribution is 2.34. The van der Waals surface area contributed by atoms with E-state index in [4.69, 9.17) is 9.72 Å². The second kappa shape index (κ2) is 10.0. The second-order valence-electron chi connectivity index (χ2n) is 7.51. The number of benzene rings is 2. The Bertz CT molecular complexity index is 1010. The molecule has 160 valence electrons. The first-order valence-corrected chi connectivity index (χ1v) is 11.5. The lowest BCUT2D eigenvalue weighted by Gasteiger charge is -2.23. The summed E-state index contributed by atoms with van der Waals surface area (Å²) in [6, 6.07) is 11.9. The van der Waals surface area contributed by atoms with Gasteiger partial charge in [0.2, 0.25) is 0 Å². The van der Waals surface area contributed by atoms with Crippen LogP contribution in [0.15, 0.2) is 36.4 Å². The van der Waals surface area contributed by atoms with Gasteiger partial charge in [0.05, 0.1) is 37.5 Å². The van der Waals surface area contributed by atoms with E-state index in [1.54, 1.807) is 11.3 Å². The number of fused-ring (bicyclic) bond motifs is 1. The van der Waals surface area contributed by atoms with Crippen LogP contribution in [0.1, 0.15) is 42.3 Å². The number of carbonyl (C=O) groups is 1. The van der Waals surface area contributed by atoms with E-state index >= 15 is 0 Å². The summed E-state index contributed by atoms with van der Waals surface area (Å²) in [5, 5.41) is 0.730. The second-order valence-corrected chi connectivity index (χ2v) is 8.52. The Morgan fingerprint density at radius 3 is 2.57 bits per heavy atom. The highest BCUT2D eigenvalue weighted by molar-refractivity contribution is 7.22. The molecule has 0 unspecified atom stereocenters. The van der Waals surface area contributed by atoms with Gasteiger partial charge in [-0.3, -0.25) is 9.69 Å². The molecule has 3 aromatic rings. The summed E-state index contributed by atoms with van der Waals surface area (Å²) in [5.74, 6) is 0.779. The Kier molecular flexibility index (Phi) is 7.45.